The van der Waals surface area contributed by atoms with E-state index in [1.165, 1.54) is 16.7 Å². The Kier molecular flexibility index (Phi) is 4.40. The molecule has 0 aliphatic rings. The molecule has 2 rings (SSSR count). The Morgan fingerprint density at radius 3 is 2.67 bits per heavy atom. The van der Waals surface area contributed by atoms with E-state index in [-0.39, 0.29) is 17.8 Å². The smallest absolute Gasteiger partial charge is 0.352 e. The molecule has 0 radical (unpaired) electrons. The van der Waals surface area contributed by atoms with E-state index in [0.29, 0.717) is 5.92 Å². The fraction of sp³-hybridized carbons (Fsp3) is 0.312. The second kappa shape index (κ2) is 6.08. The van der Waals surface area contributed by atoms with Crippen LogP contribution >= 0.6 is 0 Å². The lowest BCUT2D eigenvalue weighted by Gasteiger charge is -2.08. The first-order valence-corrected chi connectivity index (χ1v) is 6.73. The number of hydrogen-bond donors (Lipinski definition) is 1. The number of aromatic nitrogens is 1. The first-order valence-electron chi connectivity index (χ1n) is 6.73. The fourth-order valence-electron chi connectivity index (χ4n) is 2.32. The van der Waals surface area contributed by atoms with Gasteiger partial charge < -0.3 is 9.67 Å². The van der Waals surface area contributed by atoms with Gasteiger partial charge in [0.25, 0.3) is 0 Å². The lowest BCUT2D eigenvalue weighted by Crippen LogP contribution is -2.10. The zero-order valence-corrected chi connectivity index (χ0v) is 11.9. The number of nitrogens with zero attached hydrogens (tertiary/aromatic N) is 1. The molecule has 1 N–H and O–H groups in total. The Morgan fingerprint density at radius 2 is 2.05 bits per heavy atom. The molecule has 0 fully saturated rings. The topological polar surface area (TPSA) is 42.2 Å². The Morgan fingerprint density at radius 1 is 1.33 bits per heavy atom. The van der Waals surface area contributed by atoms with Crippen LogP contribution in [0, 0.1) is 17.6 Å². The minimum Gasteiger partial charge on any atom is -0.477 e. The molecule has 0 unspecified atom stereocenters. The Balaban J connectivity index is 2.36. The van der Waals surface area contributed by atoms with Gasteiger partial charge in [-0.25, -0.2) is 13.6 Å². The highest BCUT2D eigenvalue weighted by Crippen LogP contribution is 2.18. The van der Waals surface area contributed by atoms with E-state index in [4.69, 9.17) is 0 Å². The normalized spacial score (nSPS) is 11.1. The van der Waals surface area contributed by atoms with Crippen LogP contribution < -0.4 is 0 Å². The van der Waals surface area contributed by atoms with Crippen LogP contribution in [0.3, 0.4) is 0 Å². The summed E-state index contributed by atoms with van der Waals surface area (Å²) in [4.78, 5) is 11.3. The molecule has 3 nitrogen and oxygen atoms in total. The summed E-state index contributed by atoms with van der Waals surface area (Å²) in [6, 6.07) is 5.48. The van der Waals surface area contributed by atoms with Crippen molar-refractivity contribution in [2.45, 2.75) is 26.8 Å². The molecule has 0 saturated carbocycles. The first-order chi connectivity index (χ1) is 9.88. The standard InChI is InChI=1S/C16H17F2NO2/c1-10(2)6-11-7-14(16(20)21)19(8-11)9-12-4-3-5-13(17)15(12)18/h3-5,7-8,10H,6,9H2,1-2H3,(H,20,21). The predicted octanol–water partition coefficient (Wildman–Crippen LogP) is 3.71. The van der Waals surface area contributed by atoms with Crippen LogP contribution in [0.1, 0.15) is 35.5 Å². The molecule has 0 aliphatic carbocycles. The number of carboxylic acids is 1. The Labute approximate surface area is 121 Å². The van der Waals surface area contributed by atoms with Crippen LogP contribution in [0.25, 0.3) is 0 Å². The van der Waals surface area contributed by atoms with E-state index >= 15 is 0 Å². The molecule has 0 spiro atoms. The van der Waals surface area contributed by atoms with Gasteiger partial charge in [-0.3, -0.25) is 0 Å². The summed E-state index contributed by atoms with van der Waals surface area (Å²) in [5, 5.41) is 9.23. The second-order valence-corrected chi connectivity index (χ2v) is 5.48. The van der Waals surface area contributed by atoms with Crippen LogP contribution in [0.2, 0.25) is 0 Å². The molecule has 0 amide bonds. The first kappa shape index (κ1) is 15.2. The van der Waals surface area contributed by atoms with Crippen molar-refractivity contribution in [2.24, 2.45) is 5.92 Å². The Bertz CT molecular complexity index is 662. The monoisotopic (exact) mass is 293 g/mol. The molecule has 1 aromatic heterocycles. The van der Waals surface area contributed by atoms with Crippen molar-refractivity contribution in [1.29, 1.82) is 0 Å². The van der Waals surface area contributed by atoms with E-state index < -0.39 is 17.6 Å². The lowest BCUT2D eigenvalue weighted by atomic mass is 10.1. The molecule has 0 aliphatic heterocycles. The van der Waals surface area contributed by atoms with Crippen LogP contribution in [0.5, 0.6) is 0 Å². The van der Waals surface area contributed by atoms with Gasteiger partial charge in [-0.15, -0.1) is 0 Å². The van der Waals surface area contributed by atoms with Gasteiger partial charge in [-0.2, -0.15) is 0 Å². The number of carbonyl (C=O) groups is 1. The maximum atomic E-state index is 13.7. The van der Waals surface area contributed by atoms with Gasteiger partial charge >= 0.3 is 5.97 Å². The predicted molar refractivity (Wildman–Crippen MR) is 75.4 cm³/mol. The van der Waals surface area contributed by atoms with Crippen LogP contribution in [-0.2, 0) is 13.0 Å². The average molecular weight is 293 g/mol. The summed E-state index contributed by atoms with van der Waals surface area (Å²) in [6.07, 6.45) is 2.42. The van der Waals surface area contributed by atoms with Gasteiger partial charge in [-0.1, -0.05) is 26.0 Å². The van der Waals surface area contributed by atoms with E-state index in [1.807, 2.05) is 13.8 Å². The molecule has 2 aromatic rings. The SMILES string of the molecule is CC(C)Cc1cc(C(=O)O)n(Cc2cccc(F)c2F)c1. The van der Waals surface area contributed by atoms with Crippen molar-refractivity contribution in [3.63, 3.8) is 0 Å². The average Bonchev–Trinajstić information content (AvgIpc) is 2.77. The Hall–Kier alpha value is -2.17. The third-order valence-electron chi connectivity index (χ3n) is 3.19. The highest BCUT2D eigenvalue weighted by molar-refractivity contribution is 5.86. The number of halogens is 2. The summed E-state index contributed by atoms with van der Waals surface area (Å²) >= 11 is 0. The summed E-state index contributed by atoms with van der Waals surface area (Å²) < 4.78 is 28.4. The van der Waals surface area contributed by atoms with Gasteiger partial charge in [0.05, 0.1) is 6.54 Å². The van der Waals surface area contributed by atoms with Crippen molar-refractivity contribution in [1.82, 2.24) is 4.57 Å². The van der Waals surface area contributed by atoms with Crippen LogP contribution in [0.15, 0.2) is 30.5 Å². The molecule has 21 heavy (non-hydrogen) atoms. The van der Waals surface area contributed by atoms with Crippen molar-refractivity contribution < 1.29 is 18.7 Å². The van der Waals surface area contributed by atoms with Gasteiger partial charge in [0, 0.05) is 11.8 Å². The highest BCUT2D eigenvalue weighted by atomic mass is 19.2. The van der Waals surface area contributed by atoms with Crippen LogP contribution in [0.4, 0.5) is 8.78 Å². The molecule has 5 heteroatoms. The number of rotatable bonds is 5. The highest BCUT2D eigenvalue weighted by Gasteiger charge is 2.15. The quantitative estimate of drug-likeness (QED) is 0.913. The van der Waals surface area contributed by atoms with E-state index in [0.717, 1.165) is 18.1 Å². The van der Waals surface area contributed by atoms with Crippen molar-refractivity contribution in [3.8, 4) is 0 Å². The second-order valence-electron chi connectivity index (χ2n) is 5.48. The van der Waals surface area contributed by atoms with E-state index in [2.05, 4.69) is 0 Å². The van der Waals surface area contributed by atoms with Crippen LogP contribution in [-0.4, -0.2) is 15.6 Å². The molecule has 0 atom stereocenters. The maximum absolute atomic E-state index is 13.7. The molecule has 0 saturated heterocycles. The number of aromatic carboxylic acids is 1. The largest absolute Gasteiger partial charge is 0.477 e. The summed E-state index contributed by atoms with van der Waals surface area (Å²) in [5.41, 5.74) is 1.08. The third kappa shape index (κ3) is 3.48. The fourth-order valence-corrected chi connectivity index (χ4v) is 2.32. The third-order valence-corrected chi connectivity index (χ3v) is 3.19. The zero-order chi connectivity index (χ0) is 15.6. The zero-order valence-electron chi connectivity index (χ0n) is 11.9. The van der Waals surface area contributed by atoms with Gasteiger partial charge in [0.2, 0.25) is 0 Å². The summed E-state index contributed by atoms with van der Waals surface area (Å²) in [6.45, 7) is 4.05. The van der Waals surface area contributed by atoms with Gasteiger partial charge in [0.1, 0.15) is 5.69 Å². The molecule has 1 aromatic carbocycles. The minimum atomic E-state index is -1.08. The van der Waals surface area contributed by atoms with Gasteiger partial charge in [-0.05, 0) is 30.0 Å². The van der Waals surface area contributed by atoms with E-state index in [1.54, 1.807) is 12.3 Å². The molecular formula is C16H17F2NO2. The molecule has 112 valence electrons. The summed E-state index contributed by atoms with van der Waals surface area (Å²) in [5.74, 6) is -2.57. The van der Waals surface area contributed by atoms with Gasteiger partial charge in [0.15, 0.2) is 11.6 Å². The minimum absolute atomic E-state index is 0.0106. The molecular weight excluding hydrogens is 276 g/mol. The molecule has 1 heterocycles. The maximum Gasteiger partial charge on any atom is 0.352 e. The number of hydrogen-bond acceptors (Lipinski definition) is 1. The molecule has 0 bridgehead atoms. The number of carboxylic acid groups (broad SMARTS) is 1. The van der Waals surface area contributed by atoms with Crippen molar-refractivity contribution in [3.05, 3.63) is 58.9 Å². The summed E-state index contributed by atoms with van der Waals surface area (Å²) in [7, 11) is 0. The lowest BCUT2D eigenvalue weighted by molar-refractivity contribution is 0.0685. The van der Waals surface area contributed by atoms with Crippen molar-refractivity contribution >= 4 is 5.97 Å². The van der Waals surface area contributed by atoms with Crippen molar-refractivity contribution in [2.75, 3.05) is 0 Å². The van der Waals surface area contributed by atoms with E-state index in [9.17, 15) is 18.7 Å². The number of benzene rings is 1.